The Kier molecular flexibility index (Phi) is 4.40. The summed E-state index contributed by atoms with van der Waals surface area (Å²) in [5.74, 6) is 0.586. The second-order valence-corrected chi connectivity index (χ2v) is 7.25. The fourth-order valence-corrected chi connectivity index (χ4v) is 4.35. The normalized spacial score (nSPS) is 16.4. The van der Waals surface area contributed by atoms with Crippen LogP contribution in [0.1, 0.15) is 23.6 Å². The minimum atomic E-state index is -0.265. The van der Waals surface area contributed by atoms with E-state index in [0.717, 1.165) is 39.1 Å². The van der Waals surface area contributed by atoms with Gasteiger partial charge < -0.3 is 5.32 Å². The Balaban J connectivity index is 1.54. The Hall–Kier alpha value is -2.40. The van der Waals surface area contributed by atoms with Gasteiger partial charge in [-0.1, -0.05) is 24.3 Å². The van der Waals surface area contributed by atoms with Crippen molar-refractivity contribution in [3.8, 4) is 0 Å². The molecule has 0 saturated carbocycles. The molecule has 1 aromatic heterocycles. The summed E-state index contributed by atoms with van der Waals surface area (Å²) >= 11 is 1.71. The Morgan fingerprint density at radius 1 is 1.24 bits per heavy atom. The van der Waals surface area contributed by atoms with Crippen LogP contribution in [-0.4, -0.2) is 16.6 Å². The SMILES string of the molecule is O=C(Cc1cccc2cccnc12)NC1CCSc2ccc(F)cc21. The number of carbonyl (C=O) groups is 1. The van der Waals surface area contributed by atoms with Crippen LogP contribution in [0, 0.1) is 5.82 Å². The molecule has 2 aromatic carbocycles. The molecule has 5 heteroatoms. The van der Waals surface area contributed by atoms with Crippen LogP contribution in [0.25, 0.3) is 10.9 Å². The number of aromatic nitrogens is 1. The monoisotopic (exact) mass is 352 g/mol. The third kappa shape index (κ3) is 3.37. The standard InChI is InChI=1S/C20H17FN2OS/c21-15-6-7-18-16(12-15)17(8-10-25-18)23-19(24)11-14-4-1-3-13-5-2-9-22-20(13)14/h1-7,9,12,17H,8,10-11H2,(H,23,24). The minimum absolute atomic E-state index is 0.0646. The largest absolute Gasteiger partial charge is 0.349 e. The molecule has 1 unspecified atom stereocenters. The van der Waals surface area contributed by atoms with Crippen LogP contribution in [-0.2, 0) is 11.2 Å². The van der Waals surface area contributed by atoms with Gasteiger partial charge in [0.2, 0.25) is 5.91 Å². The van der Waals surface area contributed by atoms with Crippen LogP contribution in [0.2, 0.25) is 0 Å². The molecule has 1 aliphatic heterocycles. The number of para-hydroxylation sites is 1. The number of benzene rings is 2. The second-order valence-electron chi connectivity index (χ2n) is 6.11. The lowest BCUT2D eigenvalue weighted by molar-refractivity contribution is -0.121. The summed E-state index contributed by atoms with van der Waals surface area (Å²) in [4.78, 5) is 18.0. The van der Waals surface area contributed by atoms with Gasteiger partial charge >= 0.3 is 0 Å². The van der Waals surface area contributed by atoms with Crippen LogP contribution in [0.5, 0.6) is 0 Å². The fraction of sp³-hybridized carbons (Fsp3) is 0.200. The van der Waals surface area contributed by atoms with E-state index in [1.165, 1.54) is 12.1 Å². The molecule has 0 fully saturated rings. The molecule has 25 heavy (non-hydrogen) atoms. The van der Waals surface area contributed by atoms with Crippen molar-refractivity contribution in [2.45, 2.75) is 23.8 Å². The fourth-order valence-electron chi connectivity index (χ4n) is 3.24. The Bertz CT molecular complexity index is 939. The van der Waals surface area contributed by atoms with Gasteiger partial charge in [-0.2, -0.15) is 0 Å². The molecule has 1 atom stereocenters. The molecule has 1 amide bonds. The third-order valence-corrected chi connectivity index (χ3v) is 5.54. The zero-order chi connectivity index (χ0) is 17.2. The first-order valence-electron chi connectivity index (χ1n) is 8.25. The molecule has 0 spiro atoms. The van der Waals surface area contributed by atoms with Crippen molar-refractivity contribution in [3.05, 3.63) is 71.7 Å². The molecular weight excluding hydrogens is 335 g/mol. The van der Waals surface area contributed by atoms with E-state index in [9.17, 15) is 9.18 Å². The number of thioether (sulfide) groups is 1. The Morgan fingerprint density at radius 2 is 2.12 bits per heavy atom. The molecule has 0 radical (unpaired) electrons. The average molecular weight is 352 g/mol. The van der Waals surface area contributed by atoms with Crippen LogP contribution in [0.15, 0.2) is 59.6 Å². The Morgan fingerprint density at radius 3 is 3.04 bits per heavy atom. The second kappa shape index (κ2) is 6.84. The van der Waals surface area contributed by atoms with Crippen molar-refractivity contribution in [1.29, 1.82) is 0 Å². The van der Waals surface area contributed by atoms with Crippen LogP contribution in [0.3, 0.4) is 0 Å². The number of rotatable bonds is 3. The van der Waals surface area contributed by atoms with Crippen molar-refractivity contribution in [3.63, 3.8) is 0 Å². The van der Waals surface area contributed by atoms with Crippen molar-refractivity contribution >= 4 is 28.6 Å². The number of pyridine rings is 1. The Labute approximate surface area is 149 Å². The molecule has 126 valence electrons. The summed E-state index contributed by atoms with van der Waals surface area (Å²) in [5.41, 5.74) is 2.63. The first-order chi connectivity index (χ1) is 12.2. The molecule has 3 aromatic rings. The molecular formula is C20H17FN2OS. The topological polar surface area (TPSA) is 42.0 Å². The lowest BCUT2D eigenvalue weighted by Gasteiger charge is -2.26. The van der Waals surface area contributed by atoms with Crippen molar-refractivity contribution < 1.29 is 9.18 Å². The quantitative estimate of drug-likeness (QED) is 0.765. The van der Waals surface area contributed by atoms with Crippen LogP contribution in [0.4, 0.5) is 4.39 Å². The smallest absolute Gasteiger partial charge is 0.224 e. The van der Waals surface area contributed by atoms with Gasteiger partial charge in [0.1, 0.15) is 5.82 Å². The summed E-state index contributed by atoms with van der Waals surface area (Å²) in [6, 6.07) is 14.4. The highest BCUT2D eigenvalue weighted by atomic mass is 32.2. The highest BCUT2D eigenvalue weighted by molar-refractivity contribution is 7.99. The minimum Gasteiger partial charge on any atom is -0.349 e. The zero-order valence-corrected chi connectivity index (χ0v) is 14.4. The van der Waals surface area contributed by atoms with Crippen molar-refractivity contribution in [2.75, 3.05) is 5.75 Å². The zero-order valence-electron chi connectivity index (χ0n) is 13.5. The molecule has 1 aliphatic rings. The number of hydrogen-bond acceptors (Lipinski definition) is 3. The van der Waals surface area contributed by atoms with Crippen LogP contribution >= 0.6 is 11.8 Å². The highest BCUT2D eigenvalue weighted by Crippen LogP contribution is 2.36. The number of nitrogens with one attached hydrogen (secondary N) is 1. The molecule has 3 nitrogen and oxygen atoms in total. The van der Waals surface area contributed by atoms with Gasteiger partial charge in [0.15, 0.2) is 0 Å². The summed E-state index contributed by atoms with van der Waals surface area (Å²) in [6.45, 7) is 0. The maximum absolute atomic E-state index is 13.6. The van der Waals surface area contributed by atoms with E-state index < -0.39 is 0 Å². The number of hydrogen-bond donors (Lipinski definition) is 1. The number of fused-ring (bicyclic) bond motifs is 2. The average Bonchev–Trinajstić information content (AvgIpc) is 2.62. The van der Waals surface area contributed by atoms with Crippen molar-refractivity contribution in [1.82, 2.24) is 10.3 Å². The highest BCUT2D eigenvalue weighted by Gasteiger charge is 2.23. The summed E-state index contributed by atoms with van der Waals surface area (Å²) in [6.07, 6.45) is 2.81. The van der Waals surface area contributed by atoms with E-state index in [-0.39, 0.29) is 24.2 Å². The van der Waals surface area contributed by atoms with Gasteiger partial charge in [0.05, 0.1) is 18.0 Å². The maximum atomic E-state index is 13.6. The molecule has 1 N–H and O–H groups in total. The number of carbonyl (C=O) groups excluding carboxylic acids is 1. The number of amides is 1. The van der Waals surface area contributed by atoms with E-state index in [0.29, 0.717) is 0 Å². The molecule has 0 bridgehead atoms. The maximum Gasteiger partial charge on any atom is 0.224 e. The summed E-state index contributed by atoms with van der Waals surface area (Å²) in [5, 5.41) is 4.09. The predicted octanol–water partition coefficient (Wildman–Crippen LogP) is 4.27. The first kappa shape index (κ1) is 16.1. The number of halogens is 1. The third-order valence-electron chi connectivity index (χ3n) is 4.41. The van der Waals surface area contributed by atoms with Gasteiger partial charge in [-0.25, -0.2) is 4.39 Å². The van der Waals surface area contributed by atoms with Crippen LogP contribution < -0.4 is 5.32 Å². The summed E-state index contributed by atoms with van der Waals surface area (Å²) < 4.78 is 13.6. The van der Waals surface area contributed by atoms with E-state index in [4.69, 9.17) is 0 Å². The van der Waals surface area contributed by atoms with Crippen molar-refractivity contribution in [2.24, 2.45) is 0 Å². The summed E-state index contributed by atoms with van der Waals surface area (Å²) in [7, 11) is 0. The molecule has 4 rings (SSSR count). The lowest BCUT2D eigenvalue weighted by Crippen LogP contribution is -2.32. The molecule has 0 aliphatic carbocycles. The molecule has 2 heterocycles. The number of nitrogens with zero attached hydrogens (tertiary/aromatic N) is 1. The molecule has 0 saturated heterocycles. The first-order valence-corrected chi connectivity index (χ1v) is 9.23. The van der Waals surface area contributed by atoms with E-state index in [1.54, 1.807) is 24.0 Å². The van der Waals surface area contributed by atoms with Gasteiger partial charge in [0.25, 0.3) is 0 Å². The van der Waals surface area contributed by atoms with Gasteiger partial charge in [-0.15, -0.1) is 11.8 Å². The van der Waals surface area contributed by atoms with E-state index >= 15 is 0 Å². The van der Waals surface area contributed by atoms with Gasteiger partial charge in [-0.3, -0.25) is 9.78 Å². The van der Waals surface area contributed by atoms with Gasteiger partial charge in [-0.05, 0) is 41.8 Å². The van der Waals surface area contributed by atoms with E-state index in [1.807, 2.05) is 30.3 Å². The lowest BCUT2D eigenvalue weighted by atomic mass is 10.0. The van der Waals surface area contributed by atoms with Gasteiger partial charge in [0, 0.05) is 22.2 Å². The van der Waals surface area contributed by atoms with E-state index in [2.05, 4.69) is 10.3 Å². The predicted molar refractivity (Wildman–Crippen MR) is 98.1 cm³/mol.